The van der Waals surface area contributed by atoms with Gasteiger partial charge in [0.25, 0.3) is 5.91 Å². The van der Waals surface area contributed by atoms with Crippen molar-refractivity contribution >= 4 is 5.91 Å². The fourth-order valence-corrected chi connectivity index (χ4v) is 1.82. The highest BCUT2D eigenvalue weighted by Gasteiger charge is 2.18. The second kappa shape index (κ2) is 10.7. The van der Waals surface area contributed by atoms with E-state index in [0.29, 0.717) is 49.2 Å². The van der Waals surface area contributed by atoms with E-state index in [9.17, 15) is 4.79 Å². The molecule has 1 aromatic carbocycles. The van der Waals surface area contributed by atoms with Crippen LogP contribution < -0.4 is 19.7 Å². The SMILES string of the molecule is CCOc1cc(C(=O)NOCCOC)cc(OCC)c1OCC. The van der Waals surface area contributed by atoms with Gasteiger partial charge in [-0.05, 0) is 32.9 Å². The first kappa shape index (κ1) is 19.1. The Labute approximate surface area is 136 Å². The summed E-state index contributed by atoms with van der Waals surface area (Å²) >= 11 is 0. The lowest BCUT2D eigenvalue weighted by Gasteiger charge is -2.17. The average Bonchev–Trinajstić information content (AvgIpc) is 2.54. The number of rotatable bonds is 11. The molecule has 0 bridgehead atoms. The molecule has 0 aromatic heterocycles. The van der Waals surface area contributed by atoms with E-state index in [0.717, 1.165) is 0 Å². The maximum absolute atomic E-state index is 12.2. The van der Waals surface area contributed by atoms with Gasteiger partial charge in [0, 0.05) is 12.7 Å². The molecule has 23 heavy (non-hydrogen) atoms. The van der Waals surface area contributed by atoms with Gasteiger partial charge in [0.1, 0.15) is 0 Å². The number of hydrogen-bond acceptors (Lipinski definition) is 6. The Morgan fingerprint density at radius 1 is 0.957 bits per heavy atom. The molecule has 0 saturated carbocycles. The molecule has 0 aliphatic heterocycles. The Morgan fingerprint density at radius 3 is 2.00 bits per heavy atom. The Morgan fingerprint density at radius 2 is 1.52 bits per heavy atom. The summed E-state index contributed by atoms with van der Waals surface area (Å²) in [5.41, 5.74) is 2.71. The minimum absolute atomic E-state index is 0.260. The second-order valence-electron chi connectivity index (χ2n) is 4.37. The van der Waals surface area contributed by atoms with Crippen LogP contribution in [0.5, 0.6) is 17.2 Å². The van der Waals surface area contributed by atoms with Gasteiger partial charge in [-0.3, -0.25) is 9.63 Å². The summed E-state index contributed by atoms with van der Waals surface area (Å²) < 4.78 is 21.6. The number of hydrogen-bond donors (Lipinski definition) is 1. The molecule has 1 N–H and O–H groups in total. The Balaban J connectivity index is 3.00. The molecule has 0 atom stereocenters. The van der Waals surface area contributed by atoms with Crippen molar-refractivity contribution in [2.75, 3.05) is 40.1 Å². The van der Waals surface area contributed by atoms with E-state index >= 15 is 0 Å². The summed E-state index contributed by atoms with van der Waals surface area (Å²) in [6.45, 7) is 7.59. The van der Waals surface area contributed by atoms with Gasteiger partial charge in [0.2, 0.25) is 5.75 Å². The zero-order valence-corrected chi connectivity index (χ0v) is 14.1. The molecule has 0 heterocycles. The first-order valence-electron chi connectivity index (χ1n) is 7.65. The summed E-state index contributed by atoms with van der Waals surface area (Å²) in [5, 5.41) is 0. The average molecular weight is 327 g/mol. The van der Waals surface area contributed by atoms with Crippen LogP contribution in [0.4, 0.5) is 0 Å². The Bertz CT molecular complexity index is 464. The molecule has 7 nitrogen and oxygen atoms in total. The summed E-state index contributed by atoms with van der Waals surface area (Å²) in [7, 11) is 1.56. The molecule has 1 rings (SSSR count). The number of carbonyl (C=O) groups is 1. The van der Waals surface area contributed by atoms with E-state index in [4.69, 9.17) is 23.8 Å². The van der Waals surface area contributed by atoms with E-state index in [1.807, 2.05) is 20.8 Å². The van der Waals surface area contributed by atoms with Crippen LogP contribution >= 0.6 is 0 Å². The predicted octanol–water partition coefficient (Wildman–Crippen LogP) is 2.19. The zero-order chi connectivity index (χ0) is 17.1. The topological polar surface area (TPSA) is 75.3 Å². The third-order valence-electron chi connectivity index (χ3n) is 2.73. The van der Waals surface area contributed by atoms with Crippen molar-refractivity contribution in [3.05, 3.63) is 17.7 Å². The van der Waals surface area contributed by atoms with Crippen molar-refractivity contribution in [2.24, 2.45) is 0 Å². The fourth-order valence-electron chi connectivity index (χ4n) is 1.82. The highest BCUT2D eigenvalue weighted by atomic mass is 16.7. The van der Waals surface area contributed by atoms with Gasteiger partial charge in [-0.15, -0.1) is 0 Å². The summed E-state index contributed by atoms with van der Waals surface area (Å²) in [6.07, 6.45) is 0. The van der Waals surface area contributed by atoms with Gasteiger partial charge >= 0.3 is 0 Å². The zero-order valence-electron chi connectivity index (χ0n) is 14.1. The lowest BCUT2D eigenvalue weighted by molar-refractivity contribution is 0.00884. The molecule has 1 amide bonds. The van der Waals surface area contributed by atoms with Gasteiger partial charge in [-0.2, -0.15) is 0 Å². The van der Waals surface area contributed by atoms with Gasteiger partial charge in [0.05, 0.1) is 33.0 Å². The molecule has 0 aliphatic rings. The van der Waals surface area contributed by atoms with Gasteiger partial charge in [-0.25, -0.2) is 5.48 Å². The van der Waals surface area contributed by atoms with E-state index < -0.39 is 5.91 Å². The molecule has 0 saturated heterocycles. The number of methoxy groups -OCH3 is 1. The Hall–Kier alpha value is -1.99. The molecular formula is C16H25NO6. The van der Waals surface area contributed by atoms with E-state index in [1.54, 1.807) is 19.2 Å². The van der Waals surface area contributed by atoms with Crippen LogP contribution in [0.25, 0.3) is 0 Å². The van der Waals surface area contributed by atoms with Crippen molar-refractivity contribution in [3.8, 4) is 17.2 Å². The Kier molecular flexibility index (Phi) is 8.86. The lowest BCUT2D eigenvalue weighted by atomic mass is 10.1. The van der Waals surface area contributed by atoms with Gasteiger partial charge in [0.15, 0.2) is 11.5 Å². The summed E-state index contributed by atoms with van der Waals surface area (Å²) in [5.74, 6) is 1.02. The van der Waals surface area contributed by atoms with E-state index in [-0.39, 0.29) is 6.61 Å². The van der Waals surface area contributed by atoms with Crippen LogP contribution in [-0.2, 0) is 9.57 Å². The molecule has 0 aliphatic carbocycles. The normalized spacial score (nSPS) is 10.3. The minimum Gasteiger partial charge on any atom is -0.490 e. The van der Waals surface area contributed by atoms with Crippen molar-refractivity contribution in [3.63, 3.8) is 0 Å². The molecule has 130 valence electrons. The molecule has 0 spiro atoms. The largest absolute Gasteiger partial charge is 0.490 e. The highest BCUT2D eigenvalue weighted by Crippen LogP contribution is 2.39. The maximum atomic E-state index is 12.2. The fraction of sp³-hybridized carbons (Fsp3) is 0.562. The van der Waals surface area contributed by atoms with Crippen LogP contribution in [0, 0.1) is 0 Å². The quantitative estimate of drug-likeness (QED) is 0.496. The van der Waals surface area contributed by atoms with Crippen molar-refractivity contribution in [1.29, 1.82) is 0 Å². The molecule has 7 heteroatoms. The predicted molar refractivity (Wildman–Crippen MR) is 85.2 cm³/mol. The molecule has 0 unspecified atom stereocenters. The van der Waals surface area contributed by atoms with Crippen LogP contribution in [-0.4, -0.2) is 46.1 Å². The summed E-state index contributed by atoms with van der Waals surface area (Å²) in [4.78, 5) is 17.2. The number of nitrogens with one attached hydrogen (secondary N) is 1. The first-order chi connectivity index (χ1) is 11.2. The van der Waals surface area contributed by atoms with Crippen LogP contribution in [0.2, 0.25) is 0 Å². The molecule has 1 aromatic rings. The van der Waals surface area contributed by atoms with Crippen molar-refractivity contribution in [1.82, 2.24) is 5.48 Å². The monoisotopic (exact) mass is 327 g/mol. The van der Waals surface area contributed by atoms with Crippen LogP contribution in [0.1, 0.15) is 31.1 Å². The first-order valence-corrected chi connectivity index (χ1v) is 7.65. The van der Waals surface area contributed by atoms with E-state index in [2.05, 4.69) is 5.48 Å². The molecule has 0 radical (unpaired) electrons. The van der Waals surface area contributed by atoms with Crippen LogP contribution in [0.3, 0.4) is 0 Å². The molecule has 0 fully saturated rings. The van der Waals surface area contributed by atoms with Gasteiger partial charge < -0.3 is 18.9 Å². The van der Waals surface area contributed by atoms with E-state index in [1.165, 1.54) is 0 Å². The standard InChI is InChI=1S/C16H25NO6/c1-5-20-13-10-12(16(18)17-23-9-8-19-4)11-14(21-6-2)15(13)22-7-3/h10-11H,5-9H2,1-4H3,(H,17,18). The minimum atomic E-state index is -0.397. The third kappa shape index (κ3) is 5.96. The van der Waals surface area contributed by atoms with Gasteiger partial charge in [-0.1, -0.05) is 0 Å². The number of benzene rings is 1. The van der Waals surface area contributed by atoms with Crippen molar-refractivity contribution in [2.45, 2.75) is 20.8 Å². The summed E-state index contributed by atoms with van der Waals surface area (Å²) in [6, 6.07) is 3.21. The van der Waals surface area contributed by atoms with Crippen LogP contribution in [0.15, 0.2) is 12.1 Å². The highest BCUT2D eigenvalue weighted by molar-refractivity contribution is 5.95. The van der Waals surface area contributed by atoms with Crippen molar-refractivity contribution < 1.29 is 28.6 Å². The number of amides is 1. The third-order valence-corrected chi connectivity index (χ3v) is 2.73. The molecular weight excluding hydrogens is 302 g/mol. The maximum Gasteiger partial charge on any atom is 0.275 e. The lowest BCUT2D eigenvalue weighted by Crippen LogP contribution is -2.25. The number of carbonyl (C=O) groups excluding carboxylic acids is 1. The smallest absolute Gasteiger partial charge is 0.275 e. The second-order valence-corrected chi connectivity index (χ2v) is 4.37. The number of hydroxylamine groups is 1. The number of ether oxygens (including phenoxy) is 4.